The van der Waals surface area contributed by atoms with Crippen LogP contribution in [-0.2, 0) is 0 Å². The topological polar surface area (TPSA) is 24.1 Å². The lowest BCUT2D eigenvalue weighted by Crippen LogP contribution is -2.52. The van der Waals surface area contributed by atoms with E-state index in [9.17, 15) is 0 Å². The molecule has 0 bridgehead atoms. The molecule has 0 saturated carbocycles. The van der Waals surface area contributed by atoms with Crippen molar-refractivity contribution >= 4 is 0 Å². The van der Waals surface area contributed by atoms with Gasteiger partial charge in [0.15, 0.2) is 0 Å². The summed E-state index contributed by atoms with van der Waals surface area (Å²) in [6.45, 7) is 16.1. The van der Waals surface area contributed by atoms with Crippen molar-refractivity contribution in [2.75, 3.05) is 26.2 Å². The van der Waals surface area contributed by atoms with Gasteiger partial charge < -0.3 is 10.6 Å². The average molecular weight is 198 g/mol. The highest BCUT2D eigenvalue weighted by Gasteiger charge is 2.31. The third-order valence-corrected chi connectivity index (χ3v) is 3.66. The minimum absolute atomic E-state index is 0.387. The lowest BCUT2D eigenvalue weighted by Gasteiger charge is -2.40. The molecule has 2 N–H and O–H groups in total. The molecule has 84 valence electrons. The summed E-state index contributed by atoms with van der Waals surface area (Å²) in [5.74, 6) is 0.726. The lowest BCUT2D eigenvalue weighted by molar-refractivity contribution is 0.159. The maximum Gasteiger partial charge on any atom is 0.00200 e. The highest BCUT2D eigenvalue weighted by Crippen LogP contribution is 2.27. The predicted molar refractivity (Wildman–Crippen MR) is 62.5 cm³/mol. The van der Waals surface area contributed by atoms with Gasteiger partial charge in [-0.1, -0.05) is 34.6 Å². The Labute approximate surface area is 88.8 Å². The summed E-state index contributed by atoms with van der Waals surface area (Å²) in [5.41, 5.74) is 0.787. The van der Waals surface area contributed by atoms with E-state index >= 15 is 0 Å². The first-order valence-corrected chi connectivity index (χ1v) is 5.77. The first-order valence-electron chi connectivity index (χ1n) is 5.77. The van der Waals surface area contributed by atoms with Crippen LogP contribution in [0.15, 0.2) is 0 Å². The van der Waals surface area contributed by atoms with Crippen LogP contribution in [0.3, 0.4) is 0 Å². The Bertz CT molecular complexity index is 173. The van der Waals surface area contributed by atoms with Gasteiger partial charge in [-0.15, -0.1) is 0 Å². The molecule has 1 fully saturated rings. The molecule has 0 aliphatic carbocycles. The third kappa shape index (κ3) is 2.96. The molecule has 2 nitrogen and oxygen atoms in total. The number of nitrogens with one attached hydrogen (secondary N) is 2. The van der Waals surface area contributed by atoms with E-state index in [1.807, 2.05) is 0 Å². The van der Waals surface area contributed by atoms with Crippen molar-refractivity contribution in [3.05, 3.63) is 0 Å². The fraction of sp³-hybridized carbons (Fsp3) is 1.00. The molecule has 1 aliphatic rings. The Hall–Kier alpha value is -0.0800. The lowest BCUT2D eigenvalue weighted by atomic mass is 9.77. The van der Waals surface area contributed by atoms with Crippen LogP contribution in [0.1, 0.15) is 34.6 Å². The van der Waals surface area contributed by atoms with Gasteiger partial charge in [0.2, 0.25) is 0 Å². The summed E-state index contributed by atoms with van der Waals surface area (Å²) in [4.78, 5) is 0. The molecule has 1 aliphatic heterocycles. The van der Waals surface area contributed by atoms with E-state index in [0.717, 1.165) is 32.1 Å². The summed E-state index contributed by atoms with van der Waals surface area (Å²) in [7, 11) is 0. The molecule has 0 aromatic rings. The summed E-state index contributed by atoms with van der Waals surface area (Å²) in [6, 6.07) is 0. The monoisotopic (exact) mass is 198 g/mol. The Balaban J connectivity index is 2.56. The minimum Gasteiger partial charge on any atom is -0.316 e. The second-order valence-corrected chi connectivity index (χ2v) is 6.18. The van der Waals surface area contributed by atoms with Crippen molar-refractivity contribution in [3.8, 4) is 0 Å². The fourth-order valence-corrected chi connectivity index (χ4v) is 1.91. The summed E-state index contributed by atoms with van der Waals surface area (Å²) < 4.78 is 0. The van der Waals surface area contributed by atoms with Crippen LogP contribution in [0.5, 0.6) is 0 Å². The molecule has 1 saturated heterocycles. The molecule has 0 spiro atoms. The van der Waals surface area contributed by atoms with Crippen LogP contribution in [0, 0.1) is 16.7 Å². The molecular formula is C12H26N2. The number of hydrogen-bond donors (Lipinski definition) is 2. The molecule has 14 heavy (non-hydrogen) atoms. The average Bonchev–Trinajstić information content (AvgIpc) is 2.00. The van der Waals surface area contributed by atoms with Crippen LogP contribution in [0.4, 0.5) is 0 Å². The highest BCUT2D eigenvalue weighted by molar-refractivity contribution is 4.87. The fourth-order valence-electron chi connectivity index (χ4n) is 1.91. The highest BCUT2D eigenvalue weighted by atomic mass is 15.0. The van der Waals surface area contributed by atoms with E-state index in [1.165, 1.54) is 0 Å². The molecule has 2 heteroatoms. The summed E-state index contributed by atoms with van der Waals surface area (Å²) >= 11 is 0. The SMILES string of the molecule is CC(C)C1(C)CNCC(C)(C)CNC1. The van der Waals surface area contributed by atoms with Gasteiger partial charge in [0.05, 0.1) is 0 Å². The molecule has 0 radical (unpaired) electrons. The molecule has 0 amide bonds. The molecule has 1 heterocycles. The van der Waals surface area contributed by atoms with Crippen molar-refractivity contribution in [2.45, 2.75) is 34.6 Å². The van der Waals surface area contributed by atoms with Crippen LogP contribution in [0.2, 0.25) is 0 Å². The Morgan fingerprint density at radius 3 is 1.64 bits per heavy atom. The largest absolute Gasteiger partial charge is 0.316 e. The predicted octanol–water partition coefficient (Wildman–Crippen LogP) is 1.87. The second-order valence-electron chi connectivity index (χ2n) is 6.18. The zero-order valence-electron chi connectivity index (χ0n) is 10.4. The molecule has 0 unspecified atom stereocenters. The van der Waals surface area contributed by atoms with Gasteiger partial charge in [-0.05, 0) is 16.7 Å². The quantitative estimate of drug-likeness (QED) is 0.672. The molecule has 1 rings (SSSR count). The van der Waals surface area contributed by atoms with Gasteiger partial charge in [-0.3, -0.25) is 0 Å². The number of hydrogen-bond acceptors (Lipinski definition) is 2. The Morgan fingerprint density at radius 2 is 1.29 bits per heavy atom. The van der Waals surface area contributed by atoms with Crippen LogP contribution in [-0.4, -0.2) is 26.2 Å². The van der Waals surface area contributed by atoms with Crippen LogP contribution >= 0.6 is 0 Å². The number of rotatable bonds is 1. The van der Waals surface area contributed by atoms with E-state index in [1.54, 1.807) is 0 Å². The van der Waals surface area contributed by atoms with Gasteiger partial charge in [-0.2, -0.15) is 0 Å². The summed E-state index contributed by atoms with van der Waals surface area (Å²) in [5, 5.41) is 7.22. The van der Waals surface area contributed by atoms with Crippen molar-refractivity contribution in [1.29, 1.82) is 0 Å². The van der Waals surface area contributed by atoms with E-state index in [4.69, 9.17) is 0 Å². The van der Waals surface area contributed by atoms with E-state index in [-0.39, 0.29) is 0 Å². The molecule has 0 aromatic carbocycles. The van der Waals surface area contributed by atoms with E-state index in [2.05, 4.69) is 45.3 Å². The second kappa shape index (κ2) is 4.19. The van der Waals surface area contributed by atoms with E-state index in [0.29, 0.717) is 10.8 Å². The van der Waals surface area contributed by atoms with E-state index < -0.39 is 0 Å². The first kappa shape index (κ1) is 12.0. The minimum atomic E-state index is 0.387. The van der Waals surface area contributed by atoms with Gasteiger partial charge in [0.25, 0.3) is 0 Å². The van der Waals surface area contributed by atoms with Crippen LogP contribution < -0.4 is 10.6 Å². The maximum absolute atomic E-state index is 3.61. The smallest absolute Gasteiger partial charge is 0.00200 e. The maximum atomic E-state index is 3.61. The molecule has 0 atom stereocenters. The van der Waals surface area contributed by atoms with Crippen molar-refractivity contribution in [1.82, 2.24) is 10.6 Å². The third-order valence-electron chi connectivity index (χ3n) is 3.66. The van der Waals surface area contributed by atoms with Gasteiger partial charge >= 0.3 is 0 Å². The first-order chi connectivity index (χ1) is 6.36. The normalized spacial score (nSPS) is 27.0. The summed E-state index contributed by atoms with van der Waals surface area (Å²) in [6.07, 6.45) is 0. The standard InChI is InChI=1S/C12H26N2/c1-10(2)12(5)8-13-6-11(3,4)7-14-9-12/h10,13-14H,6-9H2,1-5H3. The van der Waals surface area contributed by atoms with Crippen molar-refractivity contribution < 1.29 is 0 Å². The van der Waals surface area contributed by atoms with Gasteiger partial charge in [0, 0.05) is 26.2 Å². The Kier molecular flexibility index (Phi) is 3.59. The van der Waals surface area contributed by atoms with Gasteiger partial charge in [0.1, 0.15) is 0 Å². The molecular weight excluding hydrogens is 172 g/mol. The van der Waals surface area contributed by atoms with Crippen molar-refractivity contribution in [2.24, 2.45) is 16.7 Å². The van der Waals surface area contributed by atoms with Crippen molar-refractivity contribution in [3.63, 3.8) is 0 Å². The van der Waals surface area contributed by atoms with Crippen LogP contribution in [0.25, 0.3) is 0 Å². The molecule has 0 aromatic heterocycles. The Morgan fingerprint density at radius 1 is 0.857 bits per heavy atom. The zero-order valence-corrected chi connectivity index (χ0v) is 10.4. The zero-order chi connectivity index (χ0) is 10.8. The van der Waals surface area contributed by atoms with Gasteiger partial charge in [-0.25, -0.2) is 0 Å².